The molecule has 0 aliphatic heterocycles. The van der Waals surface area contributed by atoms with Gasteiger partial charge in [-0.2, -0.15) is 0 Å². The van der Waals surface area contributed by atoms with E-state index in [4.69, 9.17) is 4.42 Å². The third-order valence-electron chi connectivity index (χ3n) is 3.34. The fraction of sp³-hybridized carbons (Fsp3) is 0.176. The predicted octanol–water partition coefficient (Wildman–Crippen LogP) is 2.66. The van der Waals surface area contributed by atoms with Crippen molar-refractivity contribution in [3.63, 3.8) is 0 Å². The molecule has 7 nitrogen and oxygen atoms in total. The number of carbonyl (C=O) groups excluding carboxylic acids is 2. The molecule has 8 heteroatoms. The first-order chi connectivity index (χ1) is 12.1. The molecule has 2 heterocycles. The van der Waals surface area contributed by atoms with Crippen LogP contribution >= 0.6 is 11.3 Å². The van der Waals surface area contributed by atoms with Gasteiger partial charge < -0.3 is 15.1 Å². The highest BCUT2D eigenvalue weighted by Crippen LogP contribution is 2.14. The summed E-state index contributed by atoms with van der Waals surface area (Å²) in [5.41, 5.74) is 0.988. The van der Waals surface area contributed by atoms with Crippen LogP contribution in [0.2, 0.25) is 0 Å². The Kier molecular flexibility index (Phi) is 5.20. The quantitative estimate of drug-likeness (QED) is 0.708. The SMILES string of the molecule is Cc1nnc(C(=O)Nc2cccc(C(=O)NCCc3ccco3)c2)s1. The lowest BCUT2D eigenvalue weighted by molar-refractivity contribution is 0.0952. The van der Waals surface area contributed by atoms with E-state index < -0.39 is 0 Å². The first kappa shape index (κ1) is 16.8. The molecule has 3 aromatic rings. The molecule has 2 N–H and O–H groups in total. The summed E-state index contributed by atoms with van der Waals surface area (Å²) >= 11 is 1.21. The maximum atomic E-state index is 12.2. The van der Waals surface area contributed by atoms with Crippen molar-refractivity contribution in [1.82, 2.24) is 15.5 Å². The number of rotatable bonds is 6. The summed E-state index contributed by atoms with van der Waals surface area (Å²) in [6.45, 7) is 2.25. The van der Waals surface area contributed by atoms with Gasteiger partial charge in [-0.3, -0.25) is 9.59 Å². The van der Waals surface area contributed by atoms with Gasteiger partial charge in [-0.1, -0.05) is 17.4 Å². The summed E-state index contributed by atoms with van der Waals surface area (Å²) in [5, 5.41) is 14.2. The second-order valence-corrected chi connectivity index (χ2v) is 6.43. The summed E-state index contributed by atoms with van der Waals surface area (Å²) in [5.74, 6) is 0.254. The number of hydrogen-bond acceptors (Lipinski definition) is 6. The van der Waals surface area contributed by atoms with E-state index in [9.17, 15) is 9.59 Å². The highest BCUT2D eigenvalue weighted by atomic mass is 32.1. The van der Waals surface area contributed by atoms with Crippen LogP contribution in [0.1, 0.15) is 30.9 Å². The molecule has 0 bridgehead atoms. The molecule has 2 amide bonds. The smallest absolute Gasteiger partial charge is 0.286 e. The van der Waals surface area contributed by atoms with Crippen LogP contribution in [0.15, 0.2) is 47.1 Å². The van der Waals surface area contributed by atoms with Crippen LogP contribution in [0.4, 0.5) is 5.69 Å². The average molecular weight is 356 g/mol. The lowest BCUT2D eigenvalue weighted by atomic mass is 10.2. The lowest BCUT2D eigenvalue weighted by Gasteiger charge is -2.07. The fourth-order valence-corrected chi connectivity index (χ4v) is 2.75. The number of benzene rings is 1. The van der Waals surface area contributed by atoms with Gasteiger partial charge in [-0.15, -0.1) is 10.2 Å². The van der Waals surface area contributed by atoms with Crippen LogP contribution in [-0.4, -0.2) is 28.6 Å². The van der Waals surface area contributed by atoms with Gasteiger partial charge in [0.1, 0.15) is 10.8 Å². The molecule has 0 unspecified atom stereocenters. The first-order valence-corrected chi connectivity index (χ1v) is 8.45. The van der Waals surface area contributed by atoms with Gasteiger partial charge in [-0.25, -0.2) is 0 Å². The minimum atomic E-state index is -0.346. The van der Waals surface area contributed by atoms with Crippen LogP contribution in [-0.2, 0) is 6.42 Å². The van der Waals surface area contributed by atoms with E-state index in [1.54, 1.807) is 37.5 Å². The van der Waals surface area contributed by atoms with Crippen molar-refractivity contribution < 1.29 is 14.0 Å². The molecule has 0 saturated carbocycles. The number of aromatic nitrogens is 2. The summed E-state index contributed by atoms with van der Waals surface area (Å²) in [7, 11) is 0. The van der Waals surface area contributed by atoms with Gasteiger partial charge in [0.05, 0.1) is 6.26 Å². The number of furan rings is 1. The molecular weight excluding hydrogens is 340 g/mol. The van der Waals surface area contributed by atoms with E-state index in [1.165, 1.54) is 11.3 Å². The third kappa shape index (κ3) is 4.51. The summed E-state index contributed by atoms with van der Waals surface area (Å²) in [6, 6.07) is 10.4. The minimum absolute atomic E-state index is 0.214. The number of nitrogens with one attached hydrogen (secondary N) is 2. The first-order valence-electron chi connectivity index (χ1n) is 7.64. The molecule has 0 fully saturated rings. The van der Waals surface area contributed by atoms with Crippen molar-refractivity contribution >= 4 is 28.8 Å². The second kappa shape index (κ2) is 7.71. The van der Waals surface area contributed by atoms with E-state index in [0.717, 1.165) is 10.8 Å². The minimum Gasteiger partial charge on any atom is -0.469 e. The topological polar surface area (TPSA) is 97.1 Å². The molecule has 0 atom stereocenters. The maximum Gasteiger partial charge on any atom is 0.286 e. The summed E-state index contributed by atoms with van der Waals surface area (Å²) in [6.07, 6.45) is 2.22. The normalized spacial score (nSPS) is 10.4. The van der Waals surface area contributed by atoms with Gasteiger partial charge in [-0.05, 0) is 37.3 Å². The van der Waals surface area contributed by atoms with E-state index in [2.05, 4.69) is 20.8 Å². The molecule has 2 aromatic heterocycles. The van der Waals surface area contributed by atoms with E-state index in [-0.39, 0.29) is 16.8 Å². The molecule has 25 heavy (non-hydrogen) atoms. The molecule has 0 aliphatic rings. The van der Waals surface area contributed by atoms with Crippen molar-refractivity contribution in [2.75, 3.05) is 11.9 Å². The summed E-state index contributed by atoms with van der Waals surface area (Å²) < 4.78 is 5.22. The molecule has 0 saturated heterocycles. The monoisotopic (exact) mass is 356 g/mol. The number of hydrogen-bond donors (Lipinski definition) is 2. The van der Waals surface area contributed by atoms with Crippen LogP contribution < -0.4 is 10.6 Å². The number of nitrogens with zero attached hydrogens (tertiary/aromatic N) is 2. The zero-order chi connectivity index (χ0) is 17.6. The molecule has 128 valence electrons. The second-order valence-electron chi connectivity index (χ2n) is 5.25. The van der Waals surface area contributed by atoms with Crippen molar-refractivity contribution in [3.05, 3.63) is 64.0 Å². The van der Waals surface area contributed by atoms with Gasteiger partial charge >= 0.3 is 0 Å². The van der Waals surface area contributed by atoms with Crippen LogP contribution in [0.5, 0.6) is 0 Å². The Hall–Kier alpha value is -3.00. The zero-order valence-corrected chi connectivity index (χ0v) is 14.3. The average Bonchev–Trinajstić information content (AvgIpc) is 3.26. The van der Waals surface area contributed by atoms with E-state index in [1.807, 2.05) is 12.1 Å². The molecule has 0 aliphatic carbocycles. The number of anilines is 1. The lowest BCUT2D eigenvalue weighted by Crippen LogP contribution is -2.25. The molecular formula is C17H16N4O3S. The Morgan fingerprint density at radius 2 is 2.04 bits per heavy atom. The standard InChI is InChI=1S/C17H16N4O3S/c1-11-20-21-17(25-11)16(23)19-13-5-2-4-12(10-13)15(22)18-8-7-14-6-3-9-24-14/h2-6,9-10H,7-8H2,1H3,(H,18,22)(H,19,23). The van der Waals surface area contributed by atoms with Crippen molar-refractivity contribution in [1.29, 1.82) is 0 Å². The molecule has 0 radical (unpaired) electrons. The highest BCUT2D eigenvalue weighted by molar-refractivity contribution is 7.13. The zero-order valence-electron chi connectivity index (χ0n) is 13.5. The number of aryl methyl sites for hydroxylation is 1. The van der Waals surface area contributed by atoms with E-state index in [0.29, 0.717) is 24.2 Å². The van der Waals surface area contributed by atoms with Gasteiger partial charge in [0.25, 0.3) is 11.8 Å². The van der Waals surface area contributed by atoms with Gasteiger partial charge in [0.15, 0.2) is 0 Å². The van der Waals surface area contributed by atoms with Gasteiger partial charge in [0, 0.05) is 24.2 Å². The van der Waals surface area contributed by atoms with Crippen LogP contribution in [0.25, 0.3) is 0 Å². The maximum absolute atomic E-state index is 12.2. The molecule has 3 rings (SSSR count). The Bertz CT molecular complexity index is 874. The largest absolute Gasteiger partial charge is 0.469 e. The van der Waals surface area contributed by atoms with Crippen molar-refractivity contribution in [2.45, 2.75) is 13.3 Å². The fourth-order valence-electron chi connectivity index (χ4n) is 2.17. The predicted molar refractivity (Wildman–Crippen MR) is 93.8 cm³/mol. The van der Waals surface area contributed by atoms with Crippen molar-refractivity contribution in [2.24, 2.45) is 0 Å². The number of carbonyl (C=O) groups is 2. The van der Waals surface area contributed by atoms with Crippen LogP contribution in [0, 0.1) is 6.92 Å². The van der Waals surface area contributed by atoms with Gasteiger partial charge in [0.2, 0.25) is 5.01 Å². The van der Waals surface area contributed by atoms with Crippen LogP contribution in [0.3, 0.4) is 0 Å². The Morgan fingerprint density at radius 3 is 2.76 bits per heavy atom. The number of amides is 2. The summed E-state index contributed by atoms with van der Waals surface area (Å²) in [4.78, 5) is 24.3. The highest BCUT2D eigenvalue weighted by Gasteiger charge is 2.13. The van der Waals surface area contributed by atoms with Crippen molar-refractivity contribution in [3.8, 4) is 0 Å². The Labute approximate surface area is 148 Å². The molecule has 1 aromatic carbocycles. The third-order valence-corrected chi connectivity index (χ3v) is 4.18. The Morgan fingerprint density at radius 1 is 1.16 bits per heavy atom. The Balaban J connectivity index is 1.58. The molecule has 0 spiro atoms. The van der Waals surface area contributed by atoms with E-state index >= 15 is 0 Å².